The monoisotopic (exact) mass is 792 g/mol. The van der Waals surface area contributed by atoms with E-state index in [2.05, 4.69) is 129 Å². The van der Waals surface area contributed by atoms with Crippen molar-refractivity contribution in [3.63, 3.8) is 0 Å². The molecule has 9 rings (SSSR count). The molecule has 0 saturated heterocycles. The van der Waals surface area contributed by atoms with Gasteiger partial charge in [-0.1, -0.05) is 111 Å². The summed E-state index contributed by atoms with van der Waals surface area (Å²) in [6, 6.07) is 22.8. The van der Waals surface area contributed by atoms with Gasteiger partial charge in [-0.2, -0.15) is 0 Å². The number of hydrogen-bond donors (Lipinski definition) is 0. The Balaban J connectivity index is 0.00000455. The van der Waals surface area contributed by atoms with Crippen LogP contribution in [0.25, 0.3) is 89.7 Å². The molecule has 0 N–H and O–H groups in total. The average molecular weight is 794 g/mol. The van der Waals surface area contributed by atoms with Gasteiger partial charge in [-0.05, 0) is 84.8 Å². The number of fused-ring (bicyclic) bond motifs is 20. The number of nitrogens with zero attached hydrogens (tertiary/aromatic N) is 8. The molecule has 0 amide bonds. The van der Waals surface area contributed by atoms with Crippen LogP contribution in [0.4, 0.5) is 0 Å². The summed E-state index contributed by atoms with van der Waals surface area (Å²) >= 11 is 0. The summed E-state index contributed by atoms with van der Waals surface area (Å²) < 4.78 is 0. The second kappa shape index (κ2) is 13.0. The second-order valence-corrected chi connectivity index (χ2v) is 17.7. The quantitative estimate of drug-likeness (QED) is 0.110. The maximum atomic E-state index is 5.96. The summed E-state index contributed by atoms with van der Waals surface area (Å²) in [5, 5.41) is 3.17. The van der Waals surface area contributed by atoms with E-state index in [0.717, 1.165) is 49.7 Å². The Bertz CT molecular complexity index is 3110. The first-order valence-electron chi connectivity index (χ1n) is 18.8. The van der Waals surface area contributed by atoms with Crippen molar-refractivity contribution in [2.75, 3.05) is 0 Å². The molecular weight excluding hydrogens is 754 g/mol. The normalized spacial score (nSPS) is 12.5. The molecule has 0 spiro atoms. The number of benzene rings is 4. The van der Waals surface area contributed by atoms with Crippen LogP contribution < -0.4 is 9.97 Å². The summed E-state index contributed by atoms with van der Waals surface area (Å²) in [6.45, 7) is 19.8. The predicted octanol–water partition coefficient (Wildman–Crippen LogP) is 9.98. The van der Waals surface area contributed by atoms with Gasteiger partial charge >= 0.3 is 19.5 Å². The molecule has 7 aromatic rings. The summed E-state index contributed by atoms with van der Waals surface area (Å²) in [7, 11) is 0. The minimum absolute atomic E-state index is 0. The maximum absolute atomic E-state index is 5.96. The van der Waals surface area contributed by atoms with Crippen LogP contribution >= 0.6 is 0 Å². The molecule has 0 unspecified atom stereocenters. The minimum Gasteiger partial charge on any atom is -0.357 e. The largest absolute Gasteiger partial charge is 2.00 e. The van der Waals surface area contributed by atoms with Crippen molar-refractivity contribution in [1.29, 1.82) is 0 Å². The van der Waals surface area contributed by atoms with Gasteiger partial charge < -0.3 is 29.9 Å². The molecule has 5 heterocycles. The van der Waals surface area contributed by atoms with Crippen molar-refractivity contribution in [2.24, 2.45) is 0 Å². The van der Waals surface area contributed by atoms with Crippen molar-refractivity contribution in [1.82, 2.24) is 39.9 Å². The Hall–Kier alpha value is -6.02. The summed E-state index contributed by atoms with van der Waals surface area (Å²) in [6.07, 6.45) is 11.9. The first kappa shape index (κ1) is 37.9. The van der Waals surface area contributed by atoms with E-state index >= 15 is 0 Å². The Morgan fingerprint density at radius 2 is 0.737 bits per heavy atom. The molecule has 2 aliphatic heterocycles. The van der Waals surface area contributed by atoms with Gasteiger partial charge in [-0.25, -0.2) is 9.97 Å². The van der Waals surface area contributed by atoms with E-state index in [4.69, 9.17) is 52.7 Å². The van der Waals surface area contributed by atoms with E-state index < -0.39 is 0 Å². The Morgan fingerprint density at radius 1 is 0.404 bits per heavy atom. The number of hydrogen-bond acceptors (Lipinski definition) is 6. The van der Waals surface area contributed by atoms with Gasteiger partial charge in [-0.3, -0.25) is 0 Å². The van der Waals surface area contributed by atoms with Crippen molar-refractivity contribution in [3.8, 4) is 70.2 Å². The molecule has 0 fully saturated rings. The molecule has 0 aliphatic carbocycles. The second-order valence-electron chi connectivity index (χ2n) is 17.7. The van der Waals surface area contributed by atoms with Gasteiger partial charge in [0.05, 0.1) is 23.3 Å². The summed E-state index contributed by atoms with van der Waals surface area (Å²) in [4.78, 5) is 41.1. The third-order valence-corrected chi connectivity index (χ3v) is 10.7. The summed E-state index contributed by atoms with van der Waals surface area (Å²) in [5.41, 5.74) is 9.55. The average Bonchev–Trinajstić information content (AvgIpc) is 3.87. The van der Waals surface area contributed by atoms with Crippen molar-refractivity contribution < 1.29 is 19.5 Å². The molecule has 8 bridgehead atoms. The molecule has 274 valence electrons. The van der Waals surface area contributed by atoms with Crippen LogP contribution in [0.5, 0.6) is 0 Å². The standard InChI is InChI=1S/C48H40N8.Zn/c1-12-25-20-33-34(21-26(25)13-2)42-50-39-31-18-15-28(47(6,7)8)23-36(31)44(53-39)56-45-37-24-29(48(9,10)11)16-19-32(37)40(54-45)52-43-35-22-27(46(3,4)5)14-17-30(35)38(51-43)49-41(33)55-42;/h1-2,14-24H,3-11H3;/q-2;+2. The van der Waals surface area contributed by atoms with Crippen molar-refractivity contribution >= 4 is 44.1 Å². The van der Waals surface area contributed by atoms with Crippen LogP contribution in [0.1, 0.15) is 90.1 Å². The van der Waals surface area contributed by atoms with Gasteiger partial charge in [0, 0.05) is 56.0 Å². The molecule has 0 saturated carbocycles. The van der Waals surface area contributed by atoms with Gasteiger partial charge in [0.15, 0.2) is 0 Å². The first-order chi connectivity index (χ1) is 26.5. The van der Waals surface area contributed by atoms with Gasteiger partial charge in [-0.15, -0.1) is 12.8 Å². The minimum atomic E-state index is -0.116. The zero-order chi connectivity index (χ0) is 39.5. The predicted molar refractivity (Wildman–Crippen MR) is 226 cm³/mol. The van der Waals surface area contributed by atoms with Crippen LogP contribution in [0, 0.1) is 24.7 Å². The fraction of sp³-hybridized carbons (Fsp3) is 0.250. The van der Waals surface area contributed by atoms with Crippen LogP contribution in [-0.2, 0) is 35.7 Å². The van der Waals surface area contributed by atoms with E-state index in [1.54, 1.807) is 0 Å². The number of aromatic nitrogens is 8. The zero-order valence-corrected chi connectivity index (χ0v) is 36.8. The SMILES string of the molecule is C#Cc1cc2c3nc4nc(nc5[n-]c(nc6nc(nc([n-]3)c2cc1C#C)-c1ccc(C(C)(C)C)cc1-6)c1cc(C(C)(C)C)ccc51)-c1cc(C(C)(C)C)ccc1-4.[Zn+2]. The molecular formula is C48H40N8Zn. The van der Waals surface area contributed by atoms with Gasteiger partial charge in [0.25, 0.3) is 0 Å². The number of rotatable bonds is 0. The van der Waals surface area contributed by atoms with E-state index in [1.165, 1.54) is 0 Å². The number of terminal acetylenes is 2. The molecule has 2 aliphatic rings. The van der Waals surface area contributed by atoms with Crippen molar-refractivity contribution in [3.05, 3.63) is 94.5 Å². The van der Waals surface area contributed by atoms with Gasteiger partial charge in [0.2, 0.25) is 0 Å². The maximum Gasteiger partial charge on any atom is 2.00 e. The smallest absolute Gasteiger partial charge is 0.357 e. The first-order valence-corrected chi connectivity index (χ1v) is 18.8. The molecule has 3 aromatic heterocycles. The molecule has 9 heteroatoms. The molecule has 0 atom stereocenters. The topological polar surface area (TPSA) is 106 Å². The van der Waals surface area contributed by atoms with E-state index in [-0.39, 0.29) is 35.7 Å². The van der Waals surface area contributed by atoms with Crippen LogP contribution in [0.3, 0.4) is 0 Å². The fourth-order valence-corrected chi connectivity index (χ4v) is 7.35. The Kier molecular flexibility index (Phi) is 8.65. The molecule has 4 aromatic carbocycles. The van der Waals surface area contributed by atoms with E-state index in [9.17, 15) is 0 Å². The van der Waals surface area contributed by atoms with E-state index in [1.807, 2.05) is 12.1 Å². The Labute approximate surface area is 345 Å². The zero-order valence-electron chi connectivity index (χ0n) is 33.8. The van der Waals surface area contributed by atoms with Crippen molar-refractivity contribution in [2.45, 2.75) is 78.6 Å². The van der Waals surface area contributed by atoms with Crippen LogP contribution in [-0.4, -0.2) is 29.9 Å². The third kappa shape index (κ3) is 6.32. The van der Waals surface area contributed by atoms with Crippen LogP contribution in [0.2, 0.25) is 0 Å². The van der Waals surface area contributed by atoms with Crippen LogP contribution in [0.15, 0.2) is 66.7 Å². The third-order valence-electron chi connectivity index (χ3n) is 10.7. The fourth-order valence-electron chi connectivity index (χ4n) is 7.35. The van der Waals surface area contributed by atoms with Gasteiger partial charge in [0.1, 0.15) is 0 Å². The summed E-state index contributed by atoms with van der Waals surface area (Å²) in [5.74, 6) is 7.46. The molecule has 57 heavy (non-hydrogen) atoms. The Morgan fingerprint density at radius 3 is 1.12 bits per heavy atom. The van der Waals surface area contributed by atoms with E-state index in [0.29, 0.717) is 67.8 Å². The molecule has 8 nitrogen and oxygen atoms in total. The molecule has 0 radical (unpaired) electrons.